The number of ether oxygens (including phenoxy) is 1. The number of nitrogens with one attached hydrogen (secondary N) is 1. The van der Waals surface area contributed by atoms with Crippen LogP contribution in [-0.4, -0.2) is 25.2 Å². The molecule has 0 aromatic rings. The van der Waals surface area contributed by atoms with Crippen molar-refractivity contribution in [3.05, 3.63) is 0 Å². The predicted octanol–water partition coefficient (Wildman–Crippen LogP) is 0.479. The first kappa shape index (κ1) is 10.4. The number of hydrogen-bond acceptors (Lipinski definition) is 3. The van der Waals surface area contributed by atoms with Crippen molar-refractivity contribution < 1.29 is 14.4 Å². The van der Waals surface area contributed by atoms with Crippen LogP contribution in [0.5, 0.6) is 0 Å². The van der Waals surface area contributed by atoms with E-state index in [1.165, 1.54) is 7.11 Å². The van der Waals surface area contributed by atoms with Crippen molar-refractivity contribution in [3.8, 4) is 0 Å². The quantitative estimate of drug-likeness (QED) is 0.612. The Kier molecular flexibility index (Phi) is 4.07. The van der Waals surface area contributed by atoms with Crippen LogP contribution in [0.25, 0.3) is 0 Å². The summed E-state index contributed by atoms with van der Waals surface area (Å²) in [5.74, 6) is -0.276. The van der Waals surface area contributed by atoms with E-state index in [0.717, 1.165) is 0 Å². The van der Waals surface area contributed by atoms with Crippen LogP contribution in [-0.2, 0) is 14.4 Å². The third-order valence-corrected chi connectivity index (χ3v) is 0.746. The van der Waals surface area contributed by atoms with Gasteiger partial charge in [0.2, 0.25) is 0 Å². The Morgan fingerprint density at radius 2 is 2.00 bits per heavy atom. The Morgan fingerprint density at radius 1 is 1.45 bits per heavy atom. The average Bonchev–Trinajstić information content (AvgIpc) is 1.83. The number of methoxy groups -OCH3 is 1. The standard InChI is InChI=1S/C7H15NO3/c1-7(2,3)11-8-6(9)5-10-4/h5H2,1-4H3,(H,8,9). The third kappa shape index (κ3) is 7.29. The zero-order valence-electron chi connectivity index (χ0n) is 7.43. The van der Waals surface area contributed by atoms with Crippen molar-refractivity contribution >= 4 is 5.91 Å². The molecule has 0 heterocycles. The molecule has 0 aromatic heterocycles. The summed E-state index contributed by atoms with van der Waals surface area (Å²) < 4.78 is 4.58. The largest absolute Gasteiger partial charge is 0.375 e. The van der Waals surface area contributed by atoms with Gasteiger partial charge in [-0.05, 0) is 20.8 Å². The molecule has 0 spiro atoms. The fraction of sp³-hybridized carbons (Fsp3) is 0.857. The number of rotatable bonds is 3. The van der Waals surface area contributed by atoms with Crippen LogP contribution in [0.4, 0.5) is 0 Å². The Morgan fingerprint density at radius 3 is 2.36 bits per heavy atom. The van der Waals surface area contributed by atoms with Crippen LogP contribution in [0.15, 0.2) is 0 Å². The minimum absolute atomic E-state index is 0.0239. The highest BCUT2D eigenvalue weighted by Gasteiger charge is 2.12. The molecule has 0 atom stereocenters. The van der Waals surface area contributed by atoms with E-state index in [-0.39, 0.29) is 18.1 Å². The normalized spacial score (nSPS) is 11.3. The van der Waals surface area contributed by atoms with E-state index in [4.69, 9.17) is 4.84 Å². The molecule has 0 radical (unpaired) electrons. The molecular formula is C7H15NO3. The number of carbonyl (C=O) groups excluding carboxylic acids is 1. The Bertz CT molecular complexity index is 128. The summed E-state index contributed by atoms with van der Waals surface area (Å²) in [7, 11) is 1.46. The number of amides is 1. The third-order valence-electron chi connectivity index (χ3n) is 0.746. The second-order valence-corrected chi connectivity index (χ2v) is 3.17. The van der Waals surface area contributed by atoms with Gasteiger partial charge in [-0.1, -0.05) is 0 Å². The molecule has 0 aliphatic heterocycles. The first-order valence-corrected chi connectivity index (χ1v) is 3.41. The molecule has 1 amide bonds. The van der Waals surface area contributed by atoms with Crippen LogP contribution >= 0.6 is 0 Å². The van der Waals surface area contributed by atoms with Crippen LogP contribution in [0.2, 0.25) is 0 Å². The molecule has 0 aliphatic rings. The minimum atomic E-state index is -0.358. The Hall–Kier alpha value is -0.610. The van der Waals surface area contributed by atoms with E-state index >= 15 is 0 Å². The van der Waals surface area contributed by atoms with Crippen molar-refractivity contribution in [1.82, 2.24) is 5.48 Å². The fourth-order valence-corrected chi connectivity index (χ4v) is 0.371. The SMILES string of the molecule is COCC(=O)NOC(C)(C)C. The van der Waals surface area contributed by atoms with E-state index < -0.39 is 0 Å². The lowest BCUT2D eigenvalue weighted by molar-refractivity contribution is -0.149. The van der Waals surface area contributed by atoms with Crippen molar-refractivity contribution in [2.45, 2.75) is 26.4 Å². The number of hydrogen-bond donors (Lipinski definition) is 1. The molecule has 11 heavy (non-hydrogen) atoms. The molecule has 0 aromatic carbocycles. The lowest BCUT2D eigenvalue weighted by Gasteiger charge is -2.18. The van der Waals surface area contributed by atoms with Crippen LogP contribution in [0, 0.1) is 0 Å². The van der Waals surface area contributed by atoms with Crippen molar-refractivity contribution in [1.29, 1.82) is 0 Å². The highest BCUT2D eigenvalue weighted by atomic mass is 16.7. The summed E-state index contributed by atoms with van der Waals surface area (Å²) in [6.45, 7) is 5.57. The maximum atomic E-state index is 10.7. The number of carbonyl (C=O) groups is 1. The molecule has 0 rings (SSSR count). The summed E-state index contributed by atoms with van der Waals surface area (Å²) >= 11 is 0. The zero-order valence-corrected chi connectivity index (χ0v) is 7.43. The van der Waals surface area contributed by atoms with Gasteiger partial charge in [0, 0.05) is 7.11 Å². The zero-order chi connectivity index (χ0) is 8.91. The molecule has 4 nitrogen and oxygen atoms in total. The van der Waals surface area contributed by atoms with Crippen molar-refractivity contribution in [2.75, 3.05) is 13.7 Å². The molecule has 4 heteroatoms. The van der Waals surface area contributed by atoms with E-state index in [1.807, 2.05) is 20.8 Å². The maximum Gasteiger partial charge on any atom is 0.269 e. The molecule has 0 fully saturated rings. The lowest BCUT2D eigenvalue weighted by Crippen LogP contribution is -2.35. The van der Waals surface area contributed by atoms with Gasteiger partial charge in [0.1, 0.15) is 6.61 Å². The summed E-state index contributed by atoms with van der Waals surface area (Å²) in [5, 5.41) is 0. The summed E-state index contributed by atoms with van der Waals surface area (Å²) in [5.41, 5.74) is 1.90. The van der Waals surface area contributed by atoms with E-state index in [2.05, 4.69) is 10.2 Å². The van der Waals surface area contributed by atoms with Crippen molar-refractivity contribution in [3.63, 3.8) is 0 Å². The first-order chi connectivity index (χ1) is 4.95. The average molecular weight is 161 g/mol. The molecule has 0 aliphatic carbocycles. The lowest BCUT2D eigenvalue weighted by atomic mass is 10.2. The summed E-state index contributed by atoms with van der Waals surface area (Å²) in [6.07, 6.45) is 0. The Labute approximate surface area is 66.8 Å². The summed E-state index contributed by atoms with van der Waals surface area (Å²) in [4.78, 5) is 15.7. The highest BCUT2D eigenvalue weighted by Crippen LogP contribution is 2.02. The molecule has 0 unspecified atom stereocenters. The van der Waals surface area contributed by atoms with Gasteiger partial charge in [-0.15, -0.1) is 0 Å². The van der Waals surface area contributed by atoms with Gasteiger partial charge >= 0.3 is 0 Å². The van der Waals surface area contributed by atoms with Gasteiger partial charge in [-0.2, -0.15) is 0 Å². The summed E-state index contributed by atoms with van der Waals surface area (Å²) in [6, 6.07) is 0. The monoisotopic (exact) mass is 161 g/mol. The second-order valence-electron chi connectivity index (χ2n) is 3.17. The van der Waals surface area contributed by atoms with Gasteiger partial charge in [0.25, 0.3) is 5.91 Å². The van der Waals surface area contributed by atoms with Gasteiger partial charge in [0.05, 0.1) is 5.60 Å². The topological polar surface area (TPSA) is 47.6 Å². The van der Waals surface area contributed by atoms with Gasteiger partial charge in [0.15, 0.2) is 0 Å². The van der Waals surface area contributed by atoms with Gasteiger partial charge in [-0.3, -0.25) is 9.63 Å². The minimum Gasteiger partial charge on any atom is -0.375 e. The molecule has 1 N–H and O–H groups in total. The van der Waals surface area contributed by atoms with E-state index in [1.54, 1.807) is 0 Å². The molecule has 66 valence electrons. The predicted molar refractivity (Wildman–Crippen MR) is 40.9 cm³/mol. The van der Waals surface area contributed by atoms with E-state index in [0.29, 0.717) is 0 Å². The maximum absolute atomic E-state index is 10.7. The van der Waals surface area contributed by atoms with Gasteiger partial charge in [-0.25, -0.2) is 5.48 Å². The molecule has 0 saturated carbocycles. The molecule has 0 saturated heterocycles. The van der Waals surface area contributed by atoms with E-state index in [9.17, 15) is 4.79 Å². The highest BCUT2D eigenvalue weighted by molar-refractivity contribution is 5.75. The smallest absolute Gasteiger partial charge is 0.269 e. The second kappa shape index (κ2) is 4.31. The first-order valence-electron chi connectivity index (χ1n) is 3.41. The van der Waals surface area contributed by atoms with Crippen LogP contribution < -0.4 is 5.48 Å². The van der Waals surface area contributed by atoms with Crippen LogP contribution in [0.3, 0.4) is 0 Å². The van der Waals surface area contributed by atoms with Crippen LogP contribution in [0.1, 0.15) is 20.8 Å². The molecule has 0 bridgehead atoms. The number of hydroxylamine groups is 1. The Balaban J connectivity index is 3.46. The van der Waals surface area contributed by atoms with Gasteiger partial charge < -0.3 is 4.74 Å². The van der Waals surface area contributed by atoms with Crippen molar-refractivity contribution in [2.24, 2.45) is 0 Å². The fourth-order valence-electron chi connectivity index (χ4n) is 0.371. The molecular weight excluding hydrogens is 146 g/mol.